The Bertz CT molecular complexity index is 434. The highest BCUT2D eigenvalue weighted by Gasteiger charge is 2.23. The summed E-state index contributed by atoms with van der Waals surface area (Å²) in [5.41, 5.74) is 0.422. The molecule has 0 amide bonds. The first-order valence-corrected chi connectivity index (χ1v) is 6.53. The predicted molar refractivity (Wildman–Crippen MR) is 75.5 cm³/mol. The first-order chi connectivity index (χ1) is 8.71. The first kappa shape index (κ1) is 15.8. The van der Waals surface area contributed by atoms with E-state index >= 15 is 0 Å². The predicted octanol–water partition coefficient (Wildman–Crippen LogP) is 3.12. The molecule has 1 aromatic carbocycles. The molecular weight excluding hydrogens is 266 g/mol. The highest BCUT2D eigenvalue weighted by atomic mass is 35.5. The number of aromatic hydroxyl groups is 1. The lowest BCUT2D eigenvalue weighted by atomic mass is 10.0. The van der Waals surface area contributed by atoms with E-state index < -0.39 is 5.97 Å². The lowest BCUT2D eigenvalue weighted by Gasteiger charge is -2.35. The molecule has 0 aromatic heterocycles. The number of rotatable bonds is 5. The molecule has 106 valence electrons. The molecule has 5 heteroatoms. The first-order valence-electron chi connectivity index (χ1n) is 6.15. The number of halogens is 1. The largest absolute Gasteiger partial charge is 0.508 e. The summed E-state index contributed by atoms with van der Waals surface area (Å²) in [5.74, 6) is -0.699. The van der Waals surface area contributed by atoms with Gasteiger partial charge < -0.3 is 10.2 Å². The van der Waals surface area contributed by atoms with Crippen LogP contribution in [-0.2, 0) is 11.3 Å². The second kappa shape index (κ2) is 6.26. The van der Waals surface area contributed by atoms with E-state index in [4.69, 9.17) is 16.7 Å². The van der Waals surface area contributed by atoms with Crippen LogP contribution in [0.5, 0.6) is 5.75 Å². The van der Waals surface area contributed by atoms with Gasteiger partial charge in [-0.05, 0) is 32.9 Å². The van der Waals surface area contributed by atoms with E-state index in [9.17, 15) is 9.90 Å². The third kappa shape index (κ3) is 4.73. The normalized spacial score (nSPS) is 11.8. The Morgan fingerprint density at radius 2 is 2.00 bits per heavy atom. The minimum Gasteiger partial charge on any atom is -0.508 e. The van der Waals surface area contributed by atoms with Gasteiger partial charge in [-0.2, -0.15) is 0 Å². The van der Waals surface area contributed by atoms with Gasteiger partial charge in [0.1, 0.15) is 5.75 Å². The van der Waals surface area contributed by atoms with Gasteiger partial charge in [0.25, 0.3) is 0 Å². The summed E-state index contributed by atoms with van der Waals surface area (Å²) in [7, 11) is 0. The number of nitrogens with zero attached hydrogens (tertiary/aromatic N) is 1. The van der Waals surface area contributed by atoms with Gasteiger partial charge in [-0.25, -0.2) is 0 Å². The van der Waals surface area contributed by atoms with Crippen molar-refractivity contribution >= 4 is 17.6 Å². The van der Waals surface area contributed by atoms with Gasteiger partial charge >= 0.3 is 5.97 Å². The van der Waals surface area contributed by atoms with Crippen molar-refractivity contribution in [3.63, 3.8) is 0 Å². The summed E-state index contributed by atoms with van der Waals surface area (Å²) in [4.78, 5) is 12.7. The van der Waals surface area contributed by atoms with Gasteiger partial charge in [0.15, 0.2) is 0 Å². The maximum Gasteiger partial charge on any atom is 0.304 e. The lowest BCUT2D eigenvalue weighted by Crippen LogP contribution is -2.42. The molecule has 0 aliphatic rings. The number of carboxylic acids is 1. The van der Waals surface area contributed by atoms with Gasteiger partial charge in [0.05, 0.1) is 6.42 Å². The molecule has 2 N–H and O–H groups in total. The van der Waals surface area contributed by atoms with Crippen molar-refractivity contribution in [1.82, 2.24) is 4.90 Å². The fraction of sp³-hybridized carbons (Fsp3) is 0.500. The quantitative estimate of drug-likeness (QED) is 0.872. The van der Waals surface area contributed by atoms with Gasteiger partial charge in [-0.3, -0.25) is 9.69 Å². The van der Waals surface area contributed by atoms with Crippen molar-refractivity contribution in [2.45, 2.75) is 39.3 Å². The van der Waals surface area contributed by atoms with Crippen molar-refractivity contribution in [2.75, 3.05) is 6.54 Å². The van der Waals surface area contributed by atoms with E-state index in [1.165, 1.54) is 0 Å². The van der Waals surface area contributed by atoms with Crippen LogP contribution in [0, 0.1) is 0 Å². The summed E-state index contributed by atoms with van der Waals surface area (Å²) >= 11 is 6.08. The van der Waals surface area contributed by atoms with Crippen LogP contribution in [-0.4, -0.2) is 33.2 Å². The Balaban J connectivity index is 2.91. The molecule has 0 atom stereocenters. The van der Waals surface area contributed by atoms with E-state index in [-0.39, 0.29) is 17.7 Å². The minimum absolute atomic E-state index is 0.0580. The maximum absolute atomic E-state index is 10.7. The monoisotopic (exact) mass is 285 g/mol. The van der Waals surface area contributed by atoms with Crippen LogP contribution in [0.15, 0.2) is 18.2 Å². The number of phenols is 1. The molecule has 0 radical (unpaired) electrons. The molecule has 1 rings (SSSR count). The van der Waals surface area contributed by atoms with Crippen LogP contribution >= 0.6 is 11.6 Å². The Morgan fingerprint density at radius 1 is 1.37 bits per heavy atom. The van der Waals surface area contributed by atoms with Crippen LogP contribution in [0.1, 0.15) is 32.8 Å². The smallest absolute Gasteiger partial charge is 0.304 e. The number of hydrogen-bond acceptors (Lipinski definition) is 3. The molecule has 0 spiro atoms. The third-order valence-electron chi connectivity index (χ3n) is 2.99. The van der Waals surface area contributed by atoms with Crippen LogP contribution in [0.25, 0.3) is 0 Å². The SMILES string of the molecule is CC(C)(C)N(CCC(=O)O)Cc1c(O)cccc1Cl. The summed E-state index contributed by atoms with van der Waals surface area (Å²) in [5, 5.41) is 19.1. The van der Waals surface area contributed by atoms with E-state index in [0.29, 0.717) is 23.7 Å². The zero-order chi connectivity index (χ0) is 14.6. The zero-order valence-electron chi connectivity index (χ0n) is 11.5. The topological polar surface area (TPSA) is 60.8 Å². The van der Waals surface area contributed by atoms with Crippen molar-refractivity contribution < 1.29 is 15.0 Å². The summed E-state index contributed by atoms with van der Waals surface area (Å²) in [6.07, 6.45) is 0.0580. The molecule has 4 nitrogen and oxygen atoms in total. The average molecular weight is 286 g/mol. The van der Waals surface area contributed by atoms with E-state index in [1.54, 1.807) is 18.2 Å². The number of hydrogen-bond donors (Lipinski definition) is 2. The van der Waals surface area contributed by atoms with Crippen molar-refractivity contribution in [1.29, 1.82) is 0 Å². The number of phenolic OH excluding ortho intramolecular Hbond substituents is 1. The summed E-state index contributed by atoms with van der Waals surface area (Å²) in [6.45, 7) is 6.83. The van der Waals surface area contributed by atoms with Gasteiger partial charge in [-0.15, -0.1) is 0 Å². The van der Waals surface area contributed by atoms with E-state index in [0.717, 1.165) is 0 Å². The molecule has 19 heavy (non-hydrogen) atoms. The third-order valence-corrected chi connectivity index (χ3v) is 3.34. The second-order valence-electron chi connectivity index (χ2n) is 5.47. The number of aliphatic carboxylic acids is 1. The van der Waals surface area contributed by atoms with Crippen LogP contribution < -0.4 is 0 Å². The molecule has 1 aromatic rings. The number of carbonyl (C=O) groups is 1. The maximum atomic E-state index is 10.7. The van der Waals surface area contributed by atoms with Crippen LogP contribution in [0.2, 0.25) is 5.02 Å². The number of benzene rings is 1. The Hall–Kier alpha value is -1.26. The van der Waals surface area contributed by atoms with Gasteiger partial charge in [-0.1, -0.05) is 17.7 Å². The molecule has 0 heterocycles. The van der Waals surface area contributed by atoms with E-state index in [1.807, 2.05) is 25.7 Å². The second-order valence-corrected chi connectivity index (χ2v) is 5.88. The highest BCUT2D eigenvalue weighted by Crippen LogP contribution is 2.29. The van der Waals surface area contributed by atoms with Gasteiger partial charge in [0.2, 0.25) is 0 Å². The minimum atomic E-state index is -0.836. The van der Waals surface area contributed by atoms with Crippen molar-refractivity contribution in [3.8, 4) is 5.75 Å². The molecule has 0 aliphatic carbocycles. The summed E-state index contributed by atoms with van der Waals surface area (Å²) < 4.78 is 0. The Labute approximate surface area is 118 Å². The summed E-state index contributed by atoms with van der Waals surface area (Å²) in [6, 6.07) is 4.98. The van der Waals surface area contributed by atoms with E-state index in [2.05, 4.69) is 0 Å². The molecule has 0 fully saturated rings. The Kier molecular flexibility index (Phi) is 5.20. The van der Waals surface area contributed by atoms with Crippen LogP contribution in [0.3, 0.4) is 0 Å². The fourth-order valence-corrected chi connectivity index (χ4v) is 2.01. The number of carboxylic acid groups (broad SMARTS) is 1. The van der Waals surface area contributed by atoms with Crippen molar-refractivity contribution in [3.05, 3.63) is 28.8 Å². The molecule has 0 aliphatic heterocycles. The molecule has 0 saturated heterocycles. The molecule has 0 unspecified atom stereocenters. The fourth-order valence-electron chi connectivity index (χ4n) is 1.78. The van der Waals surface area contributed by atoms with Crippen LogP contribution in [0.4, 0.5) is 0 Å². The molecular formula is C14H20ClNO3. The lowest BCUT2D eigenvalue weighted by molar-refractivity contribution is -0.137. The average Bonchev–Trinajstić information content (AvgIpc) is 2.25. The Morgan fingerprint density at radius 3 is 2.47 bits per heavy atom. The zero-order valence-corrected chi connectivity index (χ0v) is 12.2. The molecule has 0 bridgehead atoms. The standard InChI is InChI=1S/C14H20ClNO3/c1-14(2,3)16(8-7-13(18)19)9-10-11(15)5-4-6-12(10)17/h4-6,17H,7-9H2,1-3H3,(H,18,19). The van der Waals surface area contributed by atoms with Gasteiger partial charge in [0, 0.05) is 29.2 Å². The molecule has 0 saturated carbocycles. The highest BCUT2D eigenvalue weighted by molar-refractivity contribution is 6.31. The van der Waals surface area contributed by atoms with Crippen molar-refractivity contribution in [2.24, 2.45) is 0 Å².